The molecule has 17 heavy (non-hydrogen) atoms. The molecule has 2 rings (SSSR count). The standard InChI is InChI=1S/C12H13ClN4/c1-8-11(13)15-7-16-12(8)17-9(2)10-5-3-4-6-14-10/h3-7,9H,1-2H3,(H,15,16,17). The monoisotopic (exact) mass is 248 g/mol. The predicted octanol–water partition coefficient (Wildman–Crippen LogP) is 3.01. The fraction of sp³-hybridized carbons (Fsp3) is 0.250. The van der Waals surface area contributed by atoms with Gasteiger partial charge in [0, 0.05) is 11.8 Å². The molecule has 0 amide bonds. The van der Waals surface area contributed by atoms with Crippen molar-refractivity contribution in [2.75, 3.05) is 5.32 Å². The van der Waals surface area contributed by atoms with Crippen LogP contribution in [0.4, 0.5) is 5.82 Å². The molecule has 4 nitrogen and oxygen atoms in total. The minimum atomic E-state index is 0.0702. The van der Waals surface area contributed by atoms with Gasteiger partial charge < -0.3 is 5.32 Å². The van der Waals surface area contributed by atoms with Crippen molar-refractivity contribution in [3.63, 3.8) is 0 Å². The normalized spacial score (nSPS) is 12.2. The summed E-state index contributed by atoms with van der Waals surface area (Å²) in [5.41, 5.74) is 1.80. The van der Waals surface area contributed by atoms with Crippen LogP contribution in [-0.4, -0.2) is 15.0 Å². The Morgan fingerprint density at radius 2 is 2.06 bits per heavy atom. The maximum Gasteiger partial charge on any atom is 0.137 e. The minimum absolute atomic E-state index is 0.0702. The smallest absolute Gasteiger partial charge is 0.137 e. The van der Waals surface area contributed by atoms with Crippen LogP contribution in [0.15, 0.2) is 30.7 Å². The lowest BCUT2D eigenvalue weighted by Gasteiger charge is -2.15. The van der Waals surface area contributed by atoms with E-state index in [0.717, 1.165) is 17.1 Å². The van der Waals surface area contributed by atoms with Gasteiger partial charge in [0.15, 0.2) is 0 Å². The van der Waals surface area contributed by atoms with E-state index in [9.17, 15) is 0 Å². The molecule has 5 heteroatoms. The lowest BCUT2D eigenvalue weighted by molar-refractivity contribution is 0.827. The molecule has 1 atom stereocenters. The molecule has 1 N–H and O–H groups in total. The summed E-state index contributed by atoms with van der Waals surface area (Å²) >= 11 is 5.94. The van der Waals surface area contributed by atoms with E-state index in [1.54, 1.807) is 6.20 Å². The van der Waals surface area contributed by atoms with Crippen molar-refractivity contribution >= 4 is 17.4 Å². The average molecular weight is 249 g/mol. The predicted molar refractivity (Wildman–Crippen MR) is 68.1 cm³/mol. The Kier molecular flexibility index (Phi) is 3.54. The number of nitrogens with zero attached hydrogens (tertiary/aromatic N) is 3. The van der Waals surface area contributed by atoms with Gasteiger partial charge in [-0.3, -0.25) is 4.98 Å². The summed E-state index contributed by atoms with van der Waals surface area (Å²) in [6.45, 7) is 3.91. The maximum absolute atomic E-state index is 5.94. The molecule has 0 bridgehead atoms. The Labute approximate surface area is 105 Å². The molecule has 0 aromatic carbocycles. The number of hydrogen-bond donors (Lipinski definition) is 1. The number of nitrogens with one attached hydrogen (secondary N) is 1. The third-order valence-corrected chi connectivity index (χ3v) is 2.89. The molecule has 2 aromatic heterocycles. The Morgan fingerprint density at radius 1 is 1.24 bits per heavy atom. The van der Waals surface area contributed by atoms with Gasteiger partial charge in [-0.05, 0) is 26.0 Å². The van der Waals surface area contributed by atoms with Crippen LogP contribution in [0.3, 0.4) is 0 Å². The molecule has 2 heterocycles. The van der Waals surface area contributed by atoms with E-state index in [1.807, 2.05) is 32.0 Å². The molecule has 0 aliphatic rings. The molecular formula is C12H13ClN4. The number of pyridine rings is 1. The van der Waals surface area contributed by atoms with Gasteiger partial charge in [-0.25, -0.2) is 9.97 Å². The van der Waals surface area contributed by atoms with E-state index in [-0.39, 0.29) is 6.04 Å². The topological polar surface area (TPSA) is 50.7 Å². The van der Waals surface area contributed by atoms with Crippen molar-refractivity contribution in [3.05, 3.63) is 47.1 Å². The molecule has 0 aliphatic carbocycles. The van der Waals surface area contributed by atoms with Gasteiger partial charge in [0.1, 0.15) is 17.3 Å². The Morgan fingerprint density at radius 3 is 2.76 bits per heavy atom. The molecule has 0 spiro atoms. The SMILES string of the molecule is Cc1c(Cl)ncnc1NC(C)c1ccccn1. The Balaban J connectivity index is 2.19. The van der Waals surface area contributed by atoms with Crippen LogP contribution in [0.25, 0.3) is 0 Å². The van der Waals surface area contributed by atoms with Crippen LogP contribution in [0.2, 0.25) is 5.15 Å². The van der Waals surface area contributed by atoms with Crippen LogP contribution < -0.4 is 5.32 Å². The number of anilines is 1. The molecule has 0 saturated heterocycles. The zero-order chi connectivity index (χ0) is 12.3. The summed E-state index contributed by atoms with van der Waals surface area (Å²) in [4.78, 5) is 12.4. The number of hydrogen-bond acceptors (Lipinski definition) is 4. The van der Waals surface area contributed by atoms with E-state index in [4.69, 9.17) is 11.6 Å². The third kappa shape index (κ3) is 2.71. The van der Waals surface area contributed by atoms with Crippen molar-refractivity contribution in [1.29, 1.82) is 0 Å². The van der Waals surface area contributed by atoms with Gasteiger partial charge >= 0.3 is 0 Å². The van der Waals surface area contributed by atoms with Crippen LogP contribution in [-0.2, 0) is 0 Å². The van der Waals surface area contributed by atoms with Crippen molar-refractivity contribution in [2.45, 2.75) is 19.9 Å². The second-order valence-corrected chi connectivity index (χ2v) is 4.12. The first kappa shape index (κ1) is 11.8. The summed E-state index contributed by atoms with van der Waals surface area (Å²) < 4.78 is 0. The number of aromatic nitrogens is 3. The first-order valence-corrected chi connectivity index (χ1v) is 5.71. The second-order valence-electron chi connectivity index (χ2n) is 3.76. The zero-order valence-electron chi connectivity index (χ0n) is 9.68. The highest BCUT2D eigenvalue weighted by Crippen LogP contribution is 2.22. The molecule has 1 unspecified atom stereocenters. The zero-order valence-corrected chi connectivity index (χ0v) is 10.4. The van der Waals surface area contributed by atoms with Gasteiger partial charge in [-0.1, -0.05) is 17.7 Å². The maximum atomic E-state index is 5.94. The van der Waals surface area contributed by atoms with E-state index >= 15 is 0 Å². The summed E-state index contributed by atoms with van der Waals surface area (Å²) in [7, 11) is 0. The van der Waals surface area contributed by atoms with Crippen LogP contribution >= 0.6 is 11.6 Å². The minimum Gasteiger partial charge on any atom is -0.362 e. The third-order valence-electron chi connectivity index (χ3n) is 2.51. The van der Waals surface area contributed by atoms with Gasteiger partial charge in [-0.2, -0.15) is 0 Å². The highest BCUT2D eigenvalue weighted by Gasteiger charge is 2.10. The van der Waals surface area contributed by atoms with Crippen LogP contribution in [0.1, 0.15) is 24.2 Å². The lowest BCUT2D eigenvalue weighted by atomic mass is 10.2. The quantitative estimate of drug-likeness (QED) is 0.849. The van der Waals surface area contributed by atoms with E-state index in [1.165, 1.54) is 6.33 Å². The second kappa shape index (κ2) is 5.10. The van der Waals surface area contributed by atoms with E-state index < -0.39 is 0 Å². The van der Waals surface area contributed by atoms with Gasteiger partial charge in [-0.15, -0.1) is 0 Å². The summed E-state index contributed by atoms with van der Waals surface area (Å²) in [6, 6.07) is 5.89. The highest BCUT2D eigenvalue weighted by atomic mass is 35.5. The van der Waals surface area contributed by atoms with Crippen LogP contribution in [0.5, 0.6) is 0 Å². The van der Waals surface area contributed by atoms with Crippen molar-refractivity contribution in [3.8, 4) is 0 Å². The van der Waals surface area contributed by atoms with Crippen molar-refractivity contribution in [2.24, 2.45) is 0 Å². The molecule has 0 fully saturated rings. The Bertz CT molecular complexity index is 501. The first-order chi connectivity index (χ1) is 8.18. The molecule has 0 saturated carbocycles. The average Bonchev–Trinajstić information content (AvgIpc) is 2.36. The molecule has 2 aromatic rings. The van der Waals surface area contributed by atoms with Crippen LogP contribution in [0, 0.1) is 6.92 Å². The van der Waals surface area contributed by atoms with Crippen molar-refractivity contribution in [1.82, 2.24) is 15.0 Å². The first-order valence-electron chi connectivity index (χ1n) is 5.33. The molecule has 0 radical (unpaired) electrons. The highest BCUT2D eigenvalue weighted by molar-refractivity contribution is 6.30. The van der Waals surface area contributed by atoms with E-state index in [0.29, 0.717) is 5.15 Å². The molecule has 0 aliphatic heterocycles. The van der Waals surface area contributed by atoms with Gasteiger partial charge in [0.25, 0.3) is 0 Å². The fourth-order valence-electron chi connectivity index (χ4n) is 1.49. The Hall–Kier alpha value is -1.68. The summed E-state index contributed by atoms with van der Waals surface area (Å²) in [5.74, 6) is 0.739. The van der Waals surface area contributed by atoms with E-state index in [2.05, 4.69) is 20.3 Å². The van der Waals surface area contributed by atoms with Gasteiger partial charge in [0.05, 0.1) is 11.7 Å². The number of rotatable bonds is 3. The van der Waals surface area contributed by atoms with Crippen molar-refractivity contribution < 1.29 is 0 Å². The fourth-order valence-corrected chi connectivity index (χ4v) is 1.62. The molecular weight excluding hydrogens is 236 g/mol. The molecule has 88 valence electrons. The lowest BCUT2D eigenvalue weighted by Crippen LogP contribution is -2.10. The summed E-state index contributed by atoms with van der Waals surface area (Å²) in [6.07, 6.45) is 3.22. The van der Waals surface area contributed by atoms with Gasteiger partial charge in [0.2, 0.25) is 0 Å². The largest absolute Gasteiger partial charge is 0.362 e. The summed E-state index contributed by atoms with van der Waals surface area (Å²) in [5, 5.41) is 3.74. The number of halogens is 1.